The third-order valence-electron chi connectivity index (χ3n) is 3.41. The summed E-state index contributed by atoms with van der Waals surface area (Å²) in [6.45, 7) is 1.88. The van der Waals surface area contributed by atoms with Crippen LogP contribution < -0.4 is 0 Å². The molecule has 0 aliphatic heterocycles. The number of hydrogen-bond acceptors (Lipinski definition) is 3. The van der Waals surface area contributed by atoms with Crippen molar-refractivity contribution in [2.75, 3.05) is 13.6 Å². The molecule has 0 amide bonds. The number of fused-ring (bicyclic) bond motifs is 1. The third kappa shape index (κ3) is 3.57. The summed E-state index contributed by atoms with van der Waals surface area (Å²) in [4.78, 5) is 6.69. The van der Waals surface area contributed by atoms with Crippen LogP contribution in [0.1, 0.15) is 11.1 Å². The van der Waals surface area contributed by atoms with Gasteiger partial charge in [0.1, 0.15) is 0 Å². The second-order valence-electron chi connectivity index (χ2n) is 5.13. The summed E-state index contributed by atoms with van der Waals surface area (Å²) >= 11 is 1.72. The number of benzene rings is 2. The Morgan fingerprint density at radius 1 is 1.10 bits per heavy atom. The van der Waals surface area contributed by atoms with Gasteiger partial charge in [-0.1, -0.05) is 54.6 Å². The first kappa shape index (κ1) is 14.0. The van der Waals surface area contributed by atoms with E-state index in [1.54, 1.807) is 11.3 Å². The van der Waals surface area contributed by atoms with Gasteiger partial charge in [0.05, 0.1) is 15.7 Å². The second-order valence-corrected chi connectivity index (χ2v) is 5.98. The molecule has 3 aromatic rings. The van der Waals surface area contributed by atoms with Crippen molar-refractivity contribution in [2.45, 2.75) is 6.54 Å². The summed E-state index contributed by atoms with van der Waals surface area (Å²) < 4.78 is 1.30. The summed E-state index contributed by atoms with van der Waals surface area (Å²) in [6, 6.07) is 16.8. The van der Waals surface area contributed by atoms with Crippen LogP contribution in [0.15, 0.2) is 60.1 Å². The van der Waals surface area contributed by atoms with Crippen LogP contribution in [0.25, 0.3) is 16.3 Å². The zero-order valence-corrected chi connectivity index (χ0v) is 12.9. The highest BCUT2D eigenvalue weighted by molar-refractivity contribution is 7.16. The lowest BCUT2D eigenvalue weighted by molar-refractivity contribution is 0.365. The number of aromatic nitrogens is 1. The van der Waals surface area contributed by atoms with Crippen molar-refractivity contribution in [3.05, 3.63) is 71.2 Å². The first-order valence-corrected chi connectivity index (χ1v) is 7.92. The molecule has 0 atom stereocenters. The minimum atomic E-state index is 0.935. The van der Waals surface area contributed by atoms with E-state index >= 15 is 0 Å². The van der Waals surface area contributed by atoms with E-state index < -0.39 is 0 Å². The fraction of sp³-hybridized carbons (Fsp3) is 0.167. The van der Waals surface area contributed by atoms with Gasteiger partial charge in [-0.3, -0.25) is 4.90 Å². The van der Waals surface area contributed by atoms with Crippen molar-refractivity contribution in [1.82, 2.24) is 9.88 Å². The van der Waals surface area contributed by atoms with Crippen molar-refractivity contribution in [3.63, 3.8) is 0 Å². The molecule has 2 nitrogen and oxygen atoms in total. The maximum Gasteiger partial charge on any atom is 0.0815 e. The molecule has 0 aliphatic rings. The van der Waals surface area contributed by atoms with Crippen LogP contribution in [-0.4, -0.2) is 23.5 Å². The quantitative estimate of drug-likeness (QED) is 0.691. The monoisotopic (exact) mass is 294 g/mol. The van der Waals surface area contributed by atoms with Gasteiger partial charge < -0.3 is 0 Å². The Morgan fingerprint density at radius 2 is 1.95 bits per heavy atom. The Bertz CT molecular complexity index is 731. The van der Waals surface area contributed by atoms with Gasteiger partial charge in [-0.2, -0.15) is 0 Å². The van der Waals surface area contributed by atoms with Gasteiger partial charge in [0, 0.05) is 13.1 Å². The van der Waals surface area contributed by atoms with Crippen molar-refractivity contribution in [1.29, 1.82) is 0 Å². The minimum absolute atomic E-state index is 0.935. The Kier molecular flexibility index (Phi) is 4.43. The molecular weight excluding hydrogens is 276 g/mol. The molecule has 0 radical (unpaired) electrons. The average Bonchev–Trinajstić information content (AvgIpc) is 2.98. The van der Waals surface area contributed by atoms with E-state index in [-0.39, 0.29) is 0 Å². The standard InChI is InChI=1S/C18H18N2S/c1-20(12-6-9-15-7-3-2-4-8-15)13-16-10-5-11-17-18(16)21-14-19-17/h2-11,14H,12-13H2,1H3/b9-6+. The van der Waals surface area contributed by atoms with Crippen molar-refractivity contribution < 1.29 is 0 Å². The van der Waals surface area contributed by atoms with Crippen LogP contribution >= 0.6 is 11.3 Å². The average molecular weight is 294 g/mol. The fourth-order valence-corrected chi connectivity index (χ4v) is 3.15. The molecule has 0 unspecified atom stereocenters. The zero-order valence-electron chi connectivity index (χ0n) is 12.1. The summed E-state index contributed by atoms with van der Waals surface area (Å²) in [5, 5.41) is 0. The zero-order chi connectivity index (χ0) is 14.5. The maximum atomic E-state index is 4.37. The molecule has 0 N–H and O–H groups in total. The molecule has 0 fully saturated rings. The van der Waals surface area contributed by atoms with Crippen LogP contribution in [0, 0.1) is 0 Å². The number of hydrogen-bond donors (Lipinski definition) is 0. The predicted molar refractivity (Wildman–Crippen MR) is 91.4 cm³/mol. The van der Waals surface area contributed by atoms with Gasteiger partial charge in [0.2, 0.25) is 0 Å². The van der Waals surface area contributed by atoms with Crippen molar-refractivity contribution in [2.24, 2.45) is 0 Å². The van der Waals surface area contributed by atoms with E-state index in [4.69, 9.17) is 0 Å². The van der Waals surface area contributed by atoms with Crippen LogP contribution in [0.3, 0.4) is 0 Å². The second kappa shape index (κ2) is 6.66. The molecule has 1 aromatic heterocycles. The van der Waals surface area contributed by atoms with Gasteiger partial charge >= 0.3 is 0 Å². The van der Waals surface area contributed by atoms with Crippen molar-refractivity contribution >= 4 is 27.6 Å². The summed E-state index contributed by atoms with van der Waals surface area (Å²) in [5.74, 6) is 0. The van der Waals surface area contributed by atoms with Gasteiger partial charge in [0.15, 0.2) is 0 Å². The first-order valence-electron chi connectivity index (χ1n) is 7.04. The highest BCUT2D eigenvalue weighted by Gasteiger charge is 2.05. The molecule has 3 rings (SSSR count). The van der Waals surface area contributed by atoms with Crippen molar-refractivity contribution in [3.8, 4) is 0 Å². The molecule has 0 saturated heterocycles. The highest BCUT2D eigenvalue weighted by Crippen LogP contribution is 2.23. The molecular formula is C18H18N2S. The largest absolute Gasteiger partial charge is 0.298 e. The fourth-order valence-electron chi connectivity index (χ4n) is 2.36. The molecule has 21 heavy (non-hydrogen) atoms. The lowest BCUT2D eigenvalue weighted by Crippen LogP contribution is -2.17. The minimum Gasteiger partial charge on any atom is -0.298 e. The first-order chi connectivity index (χ1) is 10.3. The van der Waals surface area contributed by atoms with Crippen LogP contribution in [-0.2, 0) is 6.54 Å². The summed E-state index contributed by atoms with van der Waals surface area (Å²) in [7, 11) is 2.15. The van der Waals surface area contributed by atoms with E-state index in [1.807, 2.05) is 11.6 Å². The number of thiazole rings is 1. The Balaban J connectivity index is 1.63. The van der Waals surface area contributed by atoms with Crippen LogP contribution in [0.2, 0.25) is 0 Å². The molecule has 0 spiro atoms. The number of nitrogens with zero attached hydrogens (tertiary/aromatic N) is 2. The van der Waals surface area contributed by atoms with Crippen LogP contribution in [0.4, 0.5) is 0 Å². The van der Waals surface area contributed by atoms with E-state index in [2.05, 4.69) is 71.5 Å². The van der Waals surface area contributed by atoms with Crippen LogP contribution in [0.5, 0.6) is 0 Å². The van der Waals surface area contributed by atoms with E-state index in [9.17, 15) is 0 Å². The van der Waals surface area contributed by atoms with E-state index in [0.29, 0.717) is 0 Å². The molecule has 0 bridgehead atoms. The van der Waals surface area contributed by atoms with E-state index in [1.165, 1.54) is 15.8 Å². The Labute approximate surface area is 129 Å². The molecule has 3 heteroatoms. The Hall–Kier alpha value is -1.97. The van der Waals surface area contributed by atoms with Gasteiger partial charge in [0.25, 0.3) is 0 Å². The lowest BCUT2D eigenvalue weighted by Gasteiger charge is -2.14. The molecule has 0 aliphatic carbocycles. The topological polar surface area (TPSA) is 16.1 Å². The highest BCUT2D eigenvalue weighted by atomic mass is 32.1. The molecule has 1 heterocycles. The van der Waals surface area contributed by atoms with E-state index in [0.717, 1.165) is 18.6 Å². The maximum absolute atomic E-state index is 4.37. The van der Waals surface area contributed by atoms with Gasteiger partial charge in [-0.05, 0) is 24.2 Å². The van der Waals surface area contributed by atoms with Gasteiger partial charge in [-0.15, -0.1) is 11.3 Å². The molecule has 106 valence electrons. The SMILES string of the molecule is CN(C/C=C/c1ccccc1)Cc1cccc2ncsc12. The Morgan fingerprint density at radius 3 is 2.81 bits per heavy atom. The smallest absolute Gasteiger partial charge is 0.0815 e. The molecule has 2 aromatic carbocycles. The number of rotatable bonds is 5. The molecule has 0 saturated carbocycles. The lowest BCUT2D eigenvalue weighted by atomic mass is 10.2. The third-order valence-corrected chi connectivity index (χ3v) is 4.32. The summed E-state index contributed by atoms with van der Waals surface area (Å²) in [6.07, 6.45) is 4.38. The van der Waals surface area contributed by atoms with Gasteiger partial charge in [-0.25, -0.2) is 4.98 Å². The number of likely N-dealkylation sites (N-methyl/N-ethyl adjacent to an activating group) is 1. The predicted octanol–water partition coefficient (Wildman–Crippen LogP) is 4.44. The summed E-state index contributed by atoms with van der Waals surface area (Å²) in [5.41, 5.74) is 5.62. The normalized spacial score (nSPS) is 11.7.